The summed E-state index contributed by atoms with van der Waals surface area (Å²) in [7, 11) is 0. The summed E-state index contributed by atoms with van der Waals surface area (Å²) in [5, 5.41) is 21.2. The monoisotopic (exact) mass is 160 g/mol. The zero-order valence-corrected chi connectivity index (χ0v) is 6.20. The highest BCUT2D eigenvalue weighted by atomic mass is 16.4. The van der Waals surface area contributed by atoms with Crippen LogP contribution in [0.4, 0.5) is 0 Å². The summed E-state index contributed by atoms with van der Waals surface area (Å²) in [6, 6.07) is -0.280. The van der Waals surface area contributed by atoms with E-state index in [1.54, 1.807) is 6.92 Å². The molecule has 0 unspecified atom stereocenters. The molecule has 11 heavy (non-hydrogen) atoms. The van der Waals surface area contributed by atoms with Gasteiger partial charge in [-0.2, -0.15) is 0 Å². The highest BCUT2D eigenvalue weighted by Crippen LogP contribution is 1.79. The molecular formula is C6H10NO4-. The highest BCUT2D eigenvalue weighted by molar-refractivity contribution is 5.65. The minimum Gasteiger partial charge on any atom is -0.550 e. The van der Waals surface area contributed by atoms with Gasteiger partial charge >= 0.3 is 0 Å². The molecule has 64 valence electrons. The quantitative estimate of drug-likeness (QED) is 0.441. The molecule has 0 aromatic rings. The van der Waals surface area contributed by atoms with Gasteiger partial charge in [0.05, 0.1) is 12.0 Å². The van der Waals surface area contributed by atoms with Crippen molar-refractivity contribution in [2.75, 3.05) is 6.54 Å². The van der Waals surface area contributed by atoms with Gasteiger partial charge in [-0.3, -0.25) is 0 Å². The molecule has 0 amide bonds. The van der Waals surface area contributed by atoms with Crippen molar-refractivity contribution in [2.45, 2.75) is 19.4 Å². The SMILES string of the molecule is C[C@H](CC(=O)[O-])[NH2+]CC(=O)[O-]. The molecule has 0 heterocycles. The minimum atomic E-state index is -1.20. The van der Waals surface area contributed by atoms with Crippen molar-refractivity contribution in [3.63, 3.8) is 0 Å². The first-order valence-corrected chi connectivity index (χ1v) is 3.25. The van der Waals surface area contributed by atoms with Crippen molar-refractivity contribution >= 4 is 11.9 Å². The first-order chi connectivity index (χ1) is 5.02. The molecule has 0 radical (unpaired) electrons. The highest BCUT2D eigenvalue weighted by Gasteiger charge is 2.03. The van der Waals surface area contributed by atoms with Crippen molar-refractivity contribution < 1.29 is 25.1 Å². The van der Waals surface area contributed by atoms with Crippen LogP contribution in [-0.2, 0) is 9.59 Å². The molecule has 0 aliphatic rings. The molecule has 2 N–H and O–H groups in total. The first-order valence-electron chi connectivity index (χ1n) is 3.25. The van der Waals surface area contributed by atoms with E-state index in [-0.39, 0.29) is 19.0 Å². The van der Waals surface area contributed by atoms with Crippen LogP contribution in [0.5, 0.6) is 0 Å². The summed E-state index contributed by atoms with van der Waals surface area (Å²) < 4.78 is 0. The van der Waals surface area contributed by atoms with Crippen LogP contribution in [0.3, 0.4) is 0 Å². The molecule has 0 aliphatic heterocycles. The number of rotatable bonds is 5. The van der Waals surface area contributed by atoms with Crippen LogP contribution in [-0.4, -0.2) is 24.5 Å². The van der Waals surface area contributed by atoms with Crippen LogP contribution in [0, 0.1) is 0 Å². The lowest BCUT2D eigenvalue weighted by Gasteiger charge is -2.10. The van der Waals surface area contributed by atoms with E-state index in [0.717, 1.165) is 0 Å². The number of carboxylic acids is 2. The van der Waals surface area contributed by atoms with Gasteiger partial charge in [0.15, 0.2) is 0 Å². The van der Waals surface area contributed by atoms with Gasteiger partial charge < -0.3 is 25.1 Å². The Hall–Kier alpha value is -1.10. The van der Waals surface area contributed by atoms with Gasteiger partial charge in [0.2, 0.25) is 0 Å². The maximum Gasteiger partial charge on any atom is 0.116 e. The number of carbonyl (C=O) groups excluding carboxylic acids is 2. The van der Waals surface area contributed by atoms with Gasteiger partial charge in [-0.15, -0.1) is 0 Å². The Labute approximate surface area is 64.0 Å². The second kappa shape index (κ2) is 4.68. The van der Waals surface area contributed by atoms with Crippen molar-refractivity contribution in [3.05, 3.63) is 0 Å². The number of hydrogen-bond acceptors (Lipinski definition) is 4. The minimum absolute atomic E-state index is 0.146. The van der Waals surface area contributed by atoms with Crippen LogP contribution < -0.4 is 15.5 Å². The summed E-state index contributed by atoms with van der Waals surface area (Å²) in [4.78, 5) is 19.8. The van der Waals surface area contributed by atoms with E-state index >= 15 is 0 Å². The Kier molecular flexibility index (Phi) is 4.21. The van der Waals surface area contributed by atoms with Crippen molar-refractivity contribution in [3.8, 4) is 0 Å². The van der Waals surface area contributed by atoms with Gasteiger partial charge in [-0.05, 0) is 6.92 Å². The van der Waals surface area contributed by atoms with Crippen LogP contribution in [0.1, 0.15) is 13.3 Å². The van der Waals surface area contributed by atoms with E-state index in [4.69, 9.17) is 0 Å². The molecule has 0 aromatic heterocycles. The summed E-state index contributed by atoms with van der Waals surface area (Å²) in [6.07, 6.45) is -0.146. The fourth-order valence-corrected chi connectivity index (χ4v) is 0.644. The molecule has 5 heteroatoms. The standard InChI is InChI=1S/C6H11NO4/c1-4(2-5(8)9)7-3-6(10)11/h4,7H,2-3H2,1H3,(H,8,9)(H,10,11)/p-1/t4-/m1/s1. The van der Waals surface area contributed by atoms with Crippen molar-refractivity contribution in [1.29, 1.82) is 0 Å². The van der Waals surface area contributed by atoms with Crippen molar-refractivity contribution in [2.24, 2.45) is 0 Å². The summed E-state index contributed by atoms with van der Waals surface area (Å²) in [5.74, 6) is -2.37. The van der Waals surface area contributed by atoms with Crippen LogP contribution in [0.25, 0.3) is 0 Å². The number of quaternary nitrogens is 1. The number of aliphatic carboxylic acids is 2. The van der Waals surface area contributed by atoms with Gasteiger partial charge in [0, 0.05) is 12.4 Å². The van der Waals surface area contributed by atoms with E-state index in [1.165, 1.54) is 5.32 Å². The fraction of sp³-hybridized carbons (Fsp3) is 0.667. The lowest BCUT2D eigenvalue weighted by molar-refractivity contribution is -0.681. The topological polar surface area (TPSA) is 96.9 Å². The predicted molar refractivity (Wildman–Crippen MR) is 30.9 cm³/mol. The summed E-state index contributed by atoms with van der Waals surface area (Å²) in [6.45, 7) is 1.40. The van der Waals surface area contributed by atoms with E-state index in [9.17, 15) is 19.8 Å². The fourth-order valence-electron chi connectivity index (χ4n) is 0.644. The number of nitrogens with two attached hydrogens (primary N) is 1. The molecular weight excluding hydrogens is 150 g/mol. The largest absolute Gasteiger partial charge is 0.550 e. The number of carboxylic acid groups (broad SMARTS) is 2. The zero-order valence-electron chi connectivity index (χ0n) is 6.20. The third-order valence-electron chi connectivity index (χ3n) is 1.18. The van der Waals surface area contributed by atoms with Crippen molar-refractivity contribution in [1.82, 2.24) is 0 Å². The lowest BCUT2D eigenvalue weighted by atomic mass is 10.2. The van der Waals surface area contributed by atoms with E-state index < -0.39 is 11.9 Å². The maximum atomic E-state index is 9.96. The lowest BCUT2D eigenvalue weighted by Crippen LogP contribution is -2.91. The molecule has 0 saturated carbocycles. The Morgan fingerprint density at radius 1 is 1.36 bits per heavy atom. The Bertz CT molecular complexity index is 157. The molecule has 0 rings (SSSR count). The Morgan fingerprint density at radius 2 is 1.91 bits per heavy atom. The van der Waals surface area contributed by atoms with Gasteiger partial charge in [-0.25, -0.2) is 0 Å². The van der Waals surface area contributed by atoms with Crippen LogP contribution in [0.15, 0.2) is 0 Å². The van der Waals surface area contributed by atoms with Crippen LogP contribution in [0.2, 0.25) is 0 Å². The molecule has 0 saturated heterocycles. The average Bonchev–Trinajstić information content (AvgIpc) is 1.82. The first kappa shape index (κ1) is 9.90. The van der Waals surface area contributed by atoms with E-state index in [2.05, 4.69) is 0 Å². The predicted octanol–water partition coefficient (Wildman–Crippen LogP) is -4.17. The smallest absolute Gasteiger partial charge is 0.116 e. The number of hydrogen-bond donors (Lipinski definition) is 1. The maximum absolute atomic E-state index is 9.96. The number of carbonyl (C=O) groups is 2. The second-order valence-corrected chi connectivity index (χ2v) is 2.37. The molecule has 1 atom stereocenters. The van der Waals surface area contributed by atoms with Gasteiger partial charge in [0.25, 0.3) is 0 Å². The summed E-state index contributed by atoms with van der Waals surface area (Å²) in [5.41, 5.74) is 0. The third kappa shape index (κ3) is 6.79. The van der Waals surface area contributed by atoms with Crippen LogP contribution >= 0.6 is 0 Å². The zero-order chi connectivity index (χ0) is 8.85. The molecule has 0 spiro atoms. The molecule has 0 aliphatic carbocycles. The second-order valence-electron chi connectivity index (χ2n) is 2.37. The molecule has 0 bridgehead atoms. The third-order valence-corrected chi connectivity index (χ3v) is 1.18. The molecule has 0 fully saturated rings. The average molecular weight is 160 g/mol. The van der Waals surface area contributed by atoms with Gasteiger partial charge in [0.1, 0.15) is 6.54 Å². The normalized spacial score (nSPS) is 12.5. The van der Waals surface area contributed by atoms with E-state index in [1.807, 2.05) is 0 Å². The van der Waals surface area contributed by atoms with E-state index in [0.29, 0.717) is 0 Å². The molecule has 5 nitrogen and oxygen atoms in total. The Morgan fingerprint density at radius 3 is 2.27 bits per heavy atom. The van der Waals surface area contributed by atoms with Gasteiger partial charge in [-0.1, -0.05) is 0 Å². The summed E-state index contributed by atoms with van der Waals surface area (Å²) >= 11 is 0. The Balaban J connectivity index is 3.44. The molecule has 0 aromatic carbocycles.